The molecular formula is C25H23N3O5S. The lowest BCUT2D eigenvalue weighted by Gasteiger charge is -2.20. The molecule has 0 aliphatic heterocycles. The first-order valence-corrected chi connectivity index (χ1v) is 11.6. The van der Waals surface area contributed by atoms with E-state index in [1.165, 1.54) is 28.6 Å². The number of aromatic nitrogens is 1. The highest BCUT2D eigenvalue weighted by molar-refractivity contribution is 7.22. The van der Waals surface area contributed by atoms with E-state index in [1.54, 1.807) is 6.07 Å². The minimum absolute atomic E-state index is 0.0786. The number of hydrogen-bond donors (Lipinski definition) is 1. The fourth-order valence-electron chi connectivity index (χ4n) is 3.39. The standard InChI is InChI=1S/C25H23N3O5S/c1-2-28(25-27-18-11-6-7-13-21(18)34-25)22(29)16-33-24(31)19(15-17-9-4-3-5-10-17)26-23(30)20-12-8-14-32-20/h3-14,19H,2,15-16H2,1H3,(H,26,30). The van der Waals surface area contributed by atoms with Crippen molar-refractivity contribution in [1.29, 1.82) is 0 Å². The van der Waals surface area contributed by atoms with Gasteiger partial charge in [-0.05, 0) is 36.8 Å². The van der Waals surface area contributed by atoms with Crippen LogP contribution in [0.5, 0.6) is 0 Å². The highest BCUT2D eigenvalue weighted by Gasteiger charge is 2.26. The van der Waals surface area contributed by atoms with Crippen LogP contribution in [0.2, 0.25) is 0 Å². The molecule has 4 rings (SSSR count). The number of para-hydroxylation sites is 1. The second-order valence-corrected chi connectivity index (χ2v) is 8.41. The summed E-state index contributed by atoms with van der Waals surface area (Å²) in [4.78, 5) is 44.2. The summed E-state index contributed by atoms with van der Waals surface area (Å²) in [6.45, 7) is 1.73. The Bertz CT molecular complexity index is 1240. The molecule has 0 saturated carbocycles. The molecule has 1 atom stereocenters. The molecule has 2 heterocycles. The number of furan rings is 1. The quantitative estimate of drug-likeness (QED) is 0.368. The van der Waals surface area contributed by atoms with Crippen molar-refractivity contribution in [3.63, 3.8) is 0 Å². The number of carbonyl (C=O) groups excluding carboxylic acids is 3. The number of fused-ring (bicyclic) bond motifs is 1. The van der Waals surface area contributed by atoms with Gasteiger partial charge in [0.05, 0.1) is 16.5 Å². The van der Waals surface area contributed by atoms with Gasteiger partial charge in [-0.2, -0.15) is 0 Å². The summed E-state index contributed by atoms with van der Waals surface area (Å²) in [5.74, 6) is -1.57. The number of nitrogens with zero attached hydrogens (tertiary/aromatic N) is 2. The molecule has 2 aromatic carbocycles. The predicted molar refractivity (Wildman–Crippen MR) is 129 cm³/mol. The van der Waals surface area contributed by atoms with Crippen LogP contribution in [0.25, 0.3) is 10.2 Å². The first-order chi connectivity index (χ1) is 16.5. The minimum Gasteiger partial charge on any atom is -0.459 e. The second-order valence-electron chi connectivity index (χ2n) is 7.40. The third kappa shape index (κ3) is 5.49. The van der Waals surface area contributed by atoms with E-state index in [0.717, 1.165) is 15.8 Å². The fourth-order valence-corrected chi connectivity index (χ4v) is 4.43. The van der Waals surface area contributed by atoms with Gasteiger partial charge in [-0.25, -0.2) is 9.78 Å². The predicted octanol–water partition coefficient (Wildman–Crippen LogP) is 3.83. The van der Waals surface area contributed by atoms with Crippen molar-refractivity contribution in [3.8, 4) is 0 Å². The molecule has 9 heteroatoms. The van der Waals surface area contributed by atoms with Gasteiger partial charge in [-0.15, -0.1) is 0 Å². The van der Waals surface area contributed by atoms with E-state index < -0.39 is 30.4 Å². The molecule has 2 amide bonds. The van der Waals surface area contributed by atoms with Crippen LogP contribution < -0.4 is 10.2 Å². The number of carbonyl (C=O) groups is 3. The van der Waals surface area contributed by atoms with E-state index in [2.05, 4.69) is 10.3 Å². The molecule has 0 spiro atoms. The van der Waals surface area contributed by atoms with Crippen LogP contribution in [0, 0.1) is 0 Å². The van der Waals surface area contributed by atoms with Crippen LogP contribution in [0.15, 0.2) is 77.4 Å². The van der Waals surface area contributed by atoms with Crippen molar-refractivity contribution in [1.82, 2.24) is 10.3 Å². The first kappa shape index (κ1) is 23.2. The summed E-state index contributed by atoms with van der Waals surface area (Å²) in [6.07, 6.45) is 1.58. The molecule has 0 radical (unpaired) electrons. The number of likely N-dealkylation sites (N-methyl/N-ethyl adjacent to an activating group) is 1. The van der Waals surface area contributed by atoms with Gasteiger partial charge in [-0.1, -0.05) is 53.8 Å². The molecular weight excluding hydrogens is 454 g/mol. The van der Waals surface area contributed by atoms with Crippen LogP contribution in [0.1, 0.15) is 23.0 Å². The van der Waals surface area contributed by atoms with E-state index in [4.69, 9.17) is 9.15 Å². The summed E-state index contributed by atoms with van der Waals surface area (Å²) in [6, 6.07) is 18.9. The van der Waals surface area contributed by atoms with E-state index in [9.17, 15) is 14.4 Å². The number of ether oxygens (including phenoxy) is 1. The van der Waals surface area contributed by atoms with E-state index in [1.807, 2.05) is 61.5 Å². The number of amides is 2. The highest BCUT2D eigenvalue weighted by Crippen LogP contribution is 2.28. The molecule has 0 bridgehead atoms. The zero-order chi connectivity index (χ0) is 23.9. The normalized spacial score (nSPS) is 11.7. The fraction of sp³-hybridized carbons (Fsp3) is 0.200. The van der Waals surface area contributed by atoms with Gasteiger partial charge in [-0.3, -0.25) is 14.5 Å². The molecule has 0 aliphatic rings. The average Bonchev–Trinajstić information content (AvgIpc) is 3.53. The maximum absolute atomic E-state index is 12.9. The number of thiazole rings is 1. The Hall–Kier alpha value is -3.98. The molecule has 1 N–H and O–H groups in total. The topological polar surface area (TPSA) is 102 Å². The van der Waals surface area contributed by atoms with E-state index in [-0.39, 0.29) is 12.2 Å². The van der Waals surface area contributed by atoms with Gasteiger partial charge in [0.25, 0.3) is 11.8 Å². The SMILES string of the molecule is CCN(C(=O)COC(=O)C(Cc1ccccc1)NC(=O)c1ccco1)c1nc2ccccc2s1. The first-order valence-electron chi connectivity index (χ1n) is 10.8. The highest BCUT2D eigenvalue weighted by atomic mass is 32.1. The van der Waals surface area contributed by atoms with Crippen molar-refractivity contribution >= 4 is 44.5 Å². The average molecular weight is 478 g/mol. The Morgan fingerprint density at radius 2 is 1.82 bits per heavy atom. The molecule has 1 unspecified atom stereocenters. The van der Waals surface area contributed by atoms with E-state index in [0.29, 0.717) is 11.7 Å². The third-order valence-corrected chi connectivity index (χ3v) is 6.15. The van der Waals surface area contributed by atoms with Crippen LogP contribution >= 0.6 is 11.3 Å². The summed E-state index contributed by atoms with van der Waals surface area (Å²) >= 11 is 1.39. The molecule has 2 aromatic heterocycles. The van der Waals surface area contributed by atoms with Gasteiger partial charge >= 0.3 is 5.97 Å². The van der Waals surface area contributed by atoms with Gasteiger partial charge in [0.15, 0.2) is 17.5 Å². The maximum Gasteiger partial charge on any atom is 0.329 e. The smallest absolute Gasteiger partial charge is 0.329 e. The van der Waals surface area contributed by atoms with E-state index >= 15 is 0 Å². The van der Waals surface area contributed by atoms with Gasteiger partial charge in [0.1, 0.15) is 6.04 Å². The van der Waals surface area contributed by atoms with Crippen LogP contribution in [0.4, 0.5) is 5.13 Å². The Kier molecular flexibility index (Phi) is 7.34. The third-order valence-electron chi connectivity index (χ3n) is 5.09. The number of rotatable bonds is 9. The Morgan fingerprint density at radius 3 is 2.53 bits per heavy atom. The largest absolute Gasteiger partial charge is 0.459 e. The molecule has 8 nitrogen and oxygen atoms in total. The summed E-state index contributed by atoms with van der Waals surface area (Å²) in [7, 11) is 0. The summed E-state index contributed by atoms with van der Waals surface area (Å²) in [5.41, 5.74) is 1.63. The number of esters is 1. The van der Waals surface area contributed by atoms with Crippen molar-refractivity contribution in [2.24, 2.45) is 0 Å². The van der Waals surface area contributed by atoms with Gasteiger partial charge < -0.3 is 14.5 Å². The number of anilines is 1. The maximum atomic E-state index is 12.9. The van der Waals surface area contributed by atoms with Crippen LogP contribution in [0.3, 0.4) is 0 Å². The lowest BCUT2D eigenvalue weighted by atomic mass is 10.1. The molecule has 4 aromatic rings. The number of benzene rings is 2. The second kappa shape index (κ2) is 10.8. The number of hydrogen-bond acceptors (Lipinski definition) is 7. The zero-order valence-electron chi connectivity index (χ0n) is 18.5. The summed E-state index contributed by atoms with van der Waals surface area (Å²) in [5, 5.41) is 3.18. The number of nitrogens with one attached hydrogen (secondary N) is 1. The van der Waals surface area contributed by atoms with Crippen molar-refractivity contribution in [2.45, 2.75) is 19.4 Å². The van der Waals surface area contributed by atoms with Gasteiger partial charge in [0.2, 0.25) is 0 Å². The molecule has 34 heavy (non-hydrogen) atoms. The summed E-state index contributed by atoms with van der Waals surface area (Å²) < 4.78 is 11.4. The van der Waals surface area contributed by atoms with Crippen LogP contribution in [-0.2, 0) is 20.7 Å². The Morgan fingerprint density at radius 1 is 1.06 bits per heavy atom. The van der Waals surface area contributed by atoms with Crippen molar-refractivity contribution in [3.05, 3.63) is 84.3 Å². The Labute approximate surface area is 200 Å². The molecule has 0 fully saturated rings. The molecule has 174 valence electrons. The monoisotopic (exact) mass is 477 g/mol. The lowest BCUT2D eigenvalue weighted by Crippen LogP contribution is -2.44. The lowest BCUT2D eigenvalue weighted by molar-refractivity contribution is -0.149. The zero-order valence-corrected chi connectivity index (χ0v) is 19.3. The van der Waals surface area contributed by atoms with Crippen molar-refractivity contribution < 1.29 is 23.5 Å². The van der Waals surface area contributed by atoms with Crippen LogP contribution in [-0.4, -0.2) is 42.0 Å². The molecule has 0 saturated heterocycles. The van der Waals surface area contributed by atoms with Gasteiger partial charge in [0, 0.05) is 13.0 Å². The van der Waals surface area contributed by atoms with Crippen molar-refractivity contribution in [2.75, 3.05) is 18.1 Å². The Balaban J connectivity index is 1.44. The minimum atomic E-state index is -0.995. The molecule has 0 aliphatic carbocycles.